The van der Waals surface area contributed by atoms with Gasteiger partial charge in [0.25, 0.3) is 0 Å². The summed E-state index contributed by atoms with van der Waals surface area (Å²) < 4.78 is 9.05. The summed E-state index contributed by atoms with van der Waals surface area (Å²) in [7, 11) is 0. The summed E-state index contributed by atoms with van der Waals surface area (Å²) >= 11 is 3.53. The topological polar surface area (TPSA) is 118 Å². The Labute approximate surface area is 228 Å². The number of pyridine rings is 3. The molecule has 0 bridgehead atoms. The highest BCUT2D eigenvalue weighted by Crippen LogP contribution is 2.29. The molecule has 0 aliphatic heterocycles. The predicted octanol–water partition coefficient (Wildman–Crippen LogP) is 4.93. The Morgan fingerprint density at radius 1 is 1.03 bits per heavy atom. The highest BCUT2D eigenvalue weighted by atomic mass is 79.9. The molecule has 0 atom stereocenters. The number of fused-ring (bicyclic) bond motifs is 3. The molecule has 9 nitrogen and oxygen atoms in total. The van der Waals surface area contributed by atoms with Crippen molar-refractivity contribution in [2.24, 2.45) is 5.16 Å². The van der Waals surface area contributed by atoms with Crippen molar-refractivity contribution in [3.63, 3.8) is 0 Å². The molecular formula is C29H19BrN6O3. The summed E-state index contributed by atoms with van der Waals surface area (Å²) in [6.45, 7) is 0.214. The van der Waals surface area contributed by atoms with Crippen LogP contribution in [-0.4, -0.2) is 30.0 Å². The molecule has 0 radical (unpaired) electrons. The van der Waals surface area contributed by atoms with Gasteiger partial charge in [-0.3, -0.25) is 14.9 Å². The average Bonchev–Trinajstić information content (AvgIpc) is 3.44. The first kappa shape index (κ1) is 23.3. The van der Waals surface area contributed by atoms with Crippen LogP contribution in [0.2, 0.25) is 0 Å². The standard InChI is InChI=1S/C29H19BrN6O3/c30-19-6-7-25-21(10-19)27(34-38)22-11-20(39-15-17-4-1-5-24-26(17)33-35-32-24)12-23-28(22)36(25)14-18(29(23)37)9-16-3-2-8-31-13-16/h1-8,10-14,38H,9,15H2,(H,32,33,35). The van der Waals surface area contributed by atoms with Crippen LogP contribution in [0.4, 0.5) is 0 Å². The predicted molar refractivity (Wildman–Crippen MR) is 150 cm³/mol. The molecule has 0 saturated heterocycles. The van der Waals surface area contributed by atoms with Crippen LogP contribution in [-0.2, 0) is 13.0 Å². The molecule has 0 saturated carbocycles. The summed E-state index contributed by atoms with van der Waals surface area (Å²) in [6.07, 6.45) is 5.76. The second-order valence-corrected chi connectivity index (χ2v) is 10.2. The van der Waals surface area contributed by atoms with E-state index in [2.05, 4.69) is 41.5 Å². The van der Waals surface area contributed by atoms with Crippen LogP contribution in [0, 0.1) is 0 Å². The van der Waals surface area contributed by atoms with Gasteiger partial charge in [-0.15, -0.1) is 5.10 Å². The Bertz CT molecular complexity index is 2160. The first-order valence-electron chi connectivity index (χ1n) is 12.2. The highest BCUT2D eigenvalue weighted by Gasteiger charge is 2.18. The highest BCUT2D eigenvalue weighted by molar-refractivity contribution is 9.10. The largest absolute Gasteiger partial charge is 0.489 e. The van der Waals surface area contributed by atoms with E-state index in [0.29, 0.717) is 39.4 Å². The van der Waals surface area contributed by atoms with Gasteiger partial charge in [0.15, 0.2) is 5.43 Å². The van der Waals surface area contributed by atoms with Gasteiger partial charge in [-0.25, -0.2) is 0 Å². The zero-order valence-corrected chi connectivity index (χ0v) is 21.9. The summed E-state index contributed by atoms with van der Waals surface area (Å²) in [4.78, 5) is 18.1. The third kappa shape index (κ3) is 3.88. The minimum atomic E-state index is -0.117. The number of hydrogen-bond acceptors (Lipinski definition) is 7. The lowest BCUT2D eigenvalue weighted by Crippen LogP contribution is -2.17. The molecule has 0 spiro atoms. The Kier molecular flexibility index (Phi) is 5.48. The zero-order valence-electron chi connectivity index (χ0n) is 20.3. The van der Waals surface area contributed by atoms with E-state index in [0.717, 1.165) is 37.5 Å². The summed E-state index contributed by atoms with van der Waals surface area (Å²) in [5.41, 5.74) is 5.27. The number of hydrogen-bond donors (Lipinski definition) is 2. The second-order valence-electron chi connectivity index (χ2n) is 9.28. The number of aromatic nitrogens is 5. The van der Waals surface area contributed by atoms with Crippen LogP contribution in [0.3, 0.4) is 0 Å². The zero-order chi connectivity index (χ0) is 26.5. The number of ether oxygens (including phenoxy) is 1. The second kappa shape index (κ2) is 9.17. The molecule has 4 aromatic heterocycles. The van der Waals surface area contributed by atoms with Gasteiger partial charge in [0, 0.05) is 51.4 Å². The number of rotatable bonds is 5. The van der Waals surface area contributed by atoms with Gasteiger partial charge >= 0.3 is 0 Å². The van der Waals surface area contributed by atoms with Gasteiger partial charge in [-0.05, 0) is 48.0 Å². The first-order valence-corrected chi connectivity index (χ1v) is 13.0. The van der Waals surface area contributed by atoms with Crippen LogP contribution >= 0.6 is 15.9 Å². The molecule has 4 heterocycles. The molecule has 0 unspecified atom stereocenters. The molecular weight excluding hydrogens is 560 g/mol. The van der Waals surface area contributed by atoms with Crippen LogP contribution in [0.5, 0.6) is 5.75 Å². The van der Waals surface area contributed by atoms with Crippen LogP contribution in [0.1, 0.15) is 16.7 Å². The lowest BCUT2D eigenvalue weighted by atomic mass is 10.0. The maximum Gasteiger partial charge on any atom is 0.193 e. The van der Waals surface area contributed by atoms with E-state index in [4.69, 9.17) is 4.74 Å². The van der Waals surface area contributed by atoms with Crippen molar-refractivity contribution in [2.75, 3.05) is 0 Å². The fourth-order valence-corrected chi connectivity index (χ4v) is 5.52. The summed E-state index contributed by atoms with van der Waals surface area (Å²) in [5.74, 6) is 0.472. The summed E-state index contributed by atoms with van der Waals surface area (Å²) in [6, 6.07) is 18.8. The van der Waals surface area contributed by atoms with E-state index >= 15 is 0 Å². The van der Waals surface area contributed by atoms with Crippen molar-refractivity contribution in [1.29, 1.82) is 0 Å². The quantitative estimate of drug-likeness (QED) is 0.129. The fourth-order valence-electron chi connectivity index (χ4n) is 5.16. The normalized spacial score (nSPS) is 12.3. The number of benzene rings is 3. The van der Waals surface area contributed by atoms with Gasteiger partial charge in [0.1, 0.15) is 23.2 Å². The molecule has 10 heteroatoms. The van der Waals surface area contributed by atoms with Crippen LogP contribution in [0.15, 0.2) is 93.7 Å². The van der Waals surface area contributed by atoms with Crippen molar-refractivity contribution >= 4 is 54.2 Å². The number of halogens is 1. The van der Waals surface area contributed by atoms with Crippen LogP contribution < -0.4 is 15.5 Å². The fraction of sp³-hybridized carbons (Fsp3) is 0.0690. The van der Waals surface area contributed by atoms with E-state index in [9.17, 15) is 10.0 Å². The molecule has 2 N–H and O–H groups in total. The molecule has 0 aliphatic rings. The molecule has 0 fully saturated rings. The Balaban J connectivity index is 1.48. The van der Waals surface area contributed by atoms with E-state index < -0.39 is 0 Å². The minimum absolute atomic E-state index is 0.117. The van der Waals surface area contributed by atoms with Crippen molar-refractivity contribution in [2.45, 2.75) is 13.0 Å². The maximum atomic E-state index is 13.9. The minimum Gasteiger partial charge on any atom is -0.489 e. The van der Waals surface area contributed by atoms with Gasteiger partial charge < -0.3 is 14.3 Å². The summed E-state index contributed by atoms with van der Waals surface area (Å²) in [5, 5.41) is 26.9. The smallest absolute Gasteiger partial charge is 0.193 e. The molecule has 0 amide bonds. The monoisotopic (exact) mass is 578 g/mol. The Morgan fingerprint density at radius 2 is 1.92 bits per heavy atom. The van der Waals surface area contributed by atoms with Gasteiger partial charge in [0.2, 0.25) is 0 Å². The molecule has 190 valence electrons. The van der Waals surface area contributed by atoms with Gasteiger partial charge in [0.05, 0.1) is 21.9 Å². The average molecular weight is 579 g/mol. The molecule has 0 aliphatic carbocycles. The lowest BCUT2D eigenvalue weighted by Gasteiger charge is -2.16. The van der Waals surface area contributed by atoms with Crippen molar-refractivity contribution < 1.29 is 9.94 Å². The van der Waals surface area contributed by atoms with Crippen molar-refractivity contribution in [3.8, 4) is 5.75 Å². The third-order valence-electron chi connectivity index (χ3n) is 6.93. The molecule has 7 rings (SSSR count). The van der Waals surface area contributed by atoms with Gasteiger partial charge in [-0.1, -0.05) is 44.5 Å². The molecule has 7 aromatic rings. The van der Waals surface area contributed by atoms with E-state index in [-0.39, 0.29) is 12.0 Å². The van der Waals surface area contributed by atoms with Crippen molar-refractivity contribution in [3.05, 3.63) is 116 Å². The van der Waals surface area contributed by atoms with E-state index in [1.165, 1.54) is 0 Å². The van der Waals surface area contributed by atoms with E-state index in [1.807, 2.05) is 59.1 Å². The van der Waals surface area contributed by atoms with Crippen molar-refractivity contribution in [1.82, 2.24) is 24.8 Å². The van der Waals surface area contributed by atoms with Gasteiger partial charge in [-0.2, -0.15) is 0 Å². The first-order chi connectivity index (χ1) is 19.1. The van der Waals surface area contributed by atoms with E-state index in [1.54, 1.807) is 24.5 Å². The SMILES string of the molecule is O=c1c(Cc2cccnc2)cn2c3ccc(Br)cc3c(=NO)c3cc(OCc4cccc5[nH]nnc45)cc1c32. The number of H-pyrrole nitrogens is 1. The molecule has 39 heavy (non-hydrogen) atoms. The Morgan fingerprint density at radius 3 is 2.77 bits per heavy atom. The number of aromatic amines is 1. The Hall–Kier alpha value is -4.83. The molecule has 3 aromatic carbocycles. The number of nitrogens with zero attached hydrogens (tertiary/aromatic N) is 5. The third-order valence-corrected chi connectivity index (χ3v) is 7.42. The maximum absolute atomic E-state index is 13.9. The number of nitrogens with one attached hydrogen (secondary N) is 1. The van der Waals surface area contributed by atoms with Crippen LogP contribution in [0.25, 0.3) is 38.2 Å². The lowest BCUT2D eigenvalue weighted by molar-refractivity contribution is 0.303.